The summed E-state index contributed by atoms with van der Waals surface area (Å²) < 4.78 is 1.88. The van der Waals surface area contributed by atoms with Crippen LogP contribution in [0.1, 0.15) is 22.2 Å². The molecule has 0 atom stereocenters. The number of thiophene rings is 1. The van der Waals surface area contributed by atoms with E-state index in [0.29, 0.717) is 6.54 Å². The van der Waals surface area contributed by atoms with Crippen LogP contribution in [0.5, 0.6) is 0 Å². The summed E-state index contributed by atoms with van der Waals surface area (Å²) in [5.41, 5.74) is 1.06. The molecule has 0 unspecified atom stereocenters. The Morgan fingerprint density at radius 1 is 1.23 bits per heavy atom. The molecule has 0 aliphatic carbocycles. The van der Waals surface area contributed by atoms with Crippen LogP contribution in [0.15, 0.2) is 54.2 Å². The van der Waals surface area contributed by atoms with E-state index >= 15 is 0 Å². The van der Waals surface area contributed by atoms with Gasteiger partial charge in [-0.1, -0.05) is 6.07 Å². The van der Waals surface area contributed by atoms with Crippen molar-refractivity contribution in [1.82, 2.24) is 25.2 Å². The molecule has 3 rings (SSSR count). The second-order valence-corrected chi connectivity index (χ2v) is 6.93. The number of hydrogen-bond donors (Lipinski definition) is 2. The molecule has 8 heteroatoms. The second-order valence-electron chi connectivity index (χ2n) is 5.56. The van der Waals surface area contributed by atoms with Gasteiger partial charge in [0, 0.05) is 34.9 Å². The molecule has 0 bridgehead atoms. The SMILES string of the molecule is CCNC(=NCc1ccc(-n2ccnc2)nc1)NCc1ccc(C)s1.I. The molecule has 0 spiro atoms. The Hall–Kier alpha value is -1.94. The first-order valence-electron chi connectivity index (χ1n) is 8.25. The van der Waals surface area contributed by atoms with Crippen LogP contribution in [0.4, 0.5) is 0 Å². The molecular weight excluding hydrogens is 459 g/mol. The molecule has 3 aromatic heterocycles. The maximum absolute atomic E-state index is 4.64. The molecule has 3 aromatic rings. The largest absolute Gasteiger partial charge is 0.357 e. The number of pyridine rings is 1. The van der Waals surface area contributed by atoms with Crippen molar-refractivity contribution in [3.63, 3.8) is 0 Å². The van der Waals surface area contributed by atoms with Gasteiger partial charge in [-0.15, -0.1) is 35.3 Å². The van der Waals surface area contributed by atoms with E-state index in [9.17, 15) is 0 Å². The highest BCUT2D eigenvalue weighted by molar-refractivity contribution is 14.0. The van der Waals surface area contributed by atoms with Gasteiger partial charge in [0.05, 0.1) is 13.1 Å². The lowest BCUT2D eigenvalue weighted by atomic mass is 10.3. The Morgan fingerprint density at radius 2 is 2.12 bits per heavy atom. The average Bonchev–Trinajstić information content (AvgIpc) is 3.30. The summed E-state index contributed by atoms with van der Waals surface area (Å²) >= 11 is 1.80. The summed E-state index contributed by atoms with van der Waals surface area (Å²) in [4.78, 5) is 15.7. The van der Waals surface area contributed by atoms with E-state index in [4.69, 9.17) is 0 Å². The molecule has 2 N–H and O–H groups in total. The maximum atomic E-state index is 4.64. The summed E-state index contributed by atoms with van der Waals surface area (Å²) in [6.07, 6.45) is 7.20. The number of guanidine groups is 1. The number of hydrogen-bond acceptors (Lipinski definition) is 4. The normalized spacial score (nSPS) is 11.1. The average molecular weight is 482 g/mol. The standard InChI is InChI=1S/C18H22N6S.HI/c1-3-20-18(23-12-16-6-4-14(2)25-16)22-11-15-5-7-17(21-10-15)24-9-8-19-13-24;/h4-10,13H,3,11-12H2,1-2H3,(H2,20,22,23);1H. The molecule has 0 aliphatic heterocycles. The van der Waals surface area contributed by atoms with Crippen molar-refractivity contribution in [2.75, 3.05) is 6.54 Å². The van der Waals surface area contributed by atoms with Crippen LogP contribution >= 0.6 is 35.3 Å². The van der Waals surface area contributed by atoms with Gasteiger partial charge >= 0.3 is 0 Å². The number of nitrogens with one attached hydrogen (secondary N) is 2. The smallest absolute Gasteiger partial charge is 0.191 e. The van der Waals surface area contributed by atoms with E-state index in [1.807, 2.05) is 29.1 Å². The predicted octanol–water partition coefficient (Wildman–Crippen LogP) is 3.51. The zero-order valence-electron chi connectivity index (χ0n) is 14.8. The predicted molar refractivity (Wildman–Crippen MR) is 117 cm³/mol. The van der Waals surface area contributed by atoms with Gasteiger partial charge in [-0.3, -0.25) is 4.57 Å². The Morgan fingerprint density at radius 3 is 2.73 bits per heavy atom. The zero-order valence-corrected chi connectivity index (χ0v) is 18.0. The topological polar surface area (TPSA) is 67.1 Å². The van der Waals surface area contributed by atoms with Crippen molar-refractivity contribution in [2.24, 2.45) is 4.99 Å². The molecular formula is C18H23IN6S. The Labute approximate surface area is 174 Å². The lowest BCUT2D eigenvalue weighted by Crippen LogP contribution is -2.36. The minimum atomic E-state index is 0. The van der Waals surface area contributed by atoms with Crippen molar-refractivity contribution < 1.29 is 0 Å². The van der Waals surface area contributed by atoms with Crippen LogP contribution in [0, 0.1) is 6.92 Å². The molecule has 0 aromatic carbocycles. The molecule has 26 heavy (non-hydrogen) atoms. The zero-order chi connectivity index (χ0) is 17.5. The summed E-state index contributed by atoms with van der Waals surface area (Å²) in [6, 6.07) is 8.30. The van der Waals surface area contributed by atoms with Gasteiger partial charge < -0.3 is 10.6 Å². The third kappa shape index (κ3) is 5.80. The number of halogens is 1. The van der Waals surface area contributed by atoms with Gasteiger partial charge in [0.25, 0.3) is 0 Å². The van der Waals surface area contributed by atoms with Crippen molar-refractivity contribution in [3.8, 4) is 5.82 Å². The number of nitrogens with zero attached hydrogens (tertiary/aromatic N) is 4. The molecule has 0 amide bonds. The third-order valence-electron chi connectivity index (χ3n) is 3.57. The Bertz CT molecular complexity index is 811. The second kappa shape index (κ2) is 10.3. The summed E-state index contributed by atoms with van der Waals surface area (Å²) in [5.74, 6) is 1.66. The highest BCUT2D eigenvalue weighted by atomic mass is 127. The van der Waals surface area contributed by atoms with Gasteiger partial charge in [-0.05, 0) is 37.6 Å². The van der Waals surface area contributed by atoms with E-state index < -0.39 is 0 Å². The van der Waals surface area contributed by atoms with Crippen molar-refractivity contribution in [1.29, 1.82) is 0 Å². The summed E-state index contributed by atoms with van der Waals surface area (Å²) in [5, 5.41) is 6.65. The van der Waals surface area contributed by atoms with Crippen LogP contribution in [0.3, 0.4) is 0 Å². The molecule has 0 aliphatic rings. The van der Waals surface area contributed by atoms with Crippen LogP contribution in [-0.2, 0) is 13.1 Å². The number of aryl methyl sites for hydroxylation is 1. The minimum Gasteiger partial charge on any atom is -0.357 e. The van der Waals surface area contributed by atoms with E-state index in [1.165, 1.54) is 9.75 Å². The number of aliphatic imine (C=N–C) groups is 1. The van der Waals surface area contributed by atoms with Crippen LogP contribution in [0.25, 0.3) is 5.82 Å². The lowest BCUT2D eigenvalue weighted by molar-refractivity contribution is 0.822. The van der Waals surface area contributed by atoms with Crippen molar-refractivity contribution in [3.05, 3.63) is 64.5 Å². The van der Waals surface area contributed by atoms with Crippen LogP contribution < -0.4 is 10.6 Å². The fourth-order valence-electron chi connectivity index (χ4n) is 2.32. The van der Waals surface area contributed by atoms with E-state index in [2.05, 4.69) is 51.6 Å². The Kier molecular flexibility index (Phi) is 8.05. The molecule has 0 fully saturated rings. The summed E-state index contributed by atoms with van der Waals surface area (Å²) in [6.45, 7) is 6.37. The first kappa shape index (κ1) is 20.4. The highest BCUT2D eigenvalue weighted by Crippen LogP contribution is 2.14. The molecule has 0 saturated heterocycles. The van der Waals surface area contributed by atoms with Gasteiger partial charge in [0.2, 0.25) is 0 Å². The van der Waals surface area contributed by atoms with Gasteiger partial charge in [-0.25, -0.2) is 15.0 Å². The molecule has 0 radical (unpaired) electrons. The van der Waals surface area contributed by atoms with Crippen molar-refractivity contribution in [2.45, 2.75) is 26.9 Å². The number of aromatic nitrogens is 3. The molecule has 0 saturated carbocycles. The van der Waals surface area contributed by atoms with E-state index in [-0.39, 0.29) is 24.0 Å². The van der Waals surface area contributed by atoms with E-state index in [0.717, 1.165) is 30.4 Å². The third-order valence-corrected chi connectivity index (χ3v) is 4.57. The number of imidazole rings is 1. The monoisotopic (exact) mass is 482 g/mol. The molecule has 138 valence electrons. The van der Waals surface area contributed by atoms with Gasteiger partial charge in [-0.2, -0.15) is 0 Å². The fraction of sp³-hybridized carbons (Fsp3) is 0.278. The van der Waals surface area contributed by atoms with Gasteiger partial charge in [0.15, 0.2) is 5.96 Å². The quantitative estimate of drug-likeness (QED) is 0.321. The Balaban J connectivity index is 0.00000243. The first-order chi connectivity index (χ1) is 12.2. The highest BCUT2D eigenvalue weighted by Gasteiger charge is 2.02. The first-order valence-corrected chi connectivity index (χ1v) is 9.07. The minimum absolute atomic E-state index is 0. The van der Waals surface area contributed by atoms with Crippen LogP contribution in [-0.4, -0.2) is 27.0 Å². The fourth-order valence-corrected chi connectivity index (χ4v) is 3.15. The van der Waals surface area contributed by atoms with E-state index in [1.54, 1.807) is 23.9 Å². The maximum Gasteiger partial charge on any atom is 0.191 e. The van der Waals surface area contributed by atoms with Crippen LogP contribution in [0.2, 0.25) is 0 Å². The lowest BCUT2D eigenvalue weighted by Gasteiger charge is -2.10. The van der Waals surface area contributed by atoms with Gasteiger partial charge in [0.1, 0.15) is 12.1 Å². The summed E-state index contributed by atoms with van der Waals surface area (Å²) in [7, 11) is 0. The van der Waals surface area contributed by atoms with Crippen molar-refractivity contribution >= 4 is 41.3 Å². The number of rotatable bonds is 6. The molecule has 6 nitrogen and oxygen atoms in total. The molecule has 3 heterocycles.